The topological polar surface area (TPSA) is 34.1 Å². The number of thiazole rings is 1. The molecule has 0 saturated heterocycles. The second kappa shape index (κ2) is 5.75. The van der Waals surface area contributed by atoms with E-state index in [1.807, 2.05) is 11.3 Å². The number of methoxy groups -OCH3 is 1. The van der Waals surface area contributed by atoms with Crippen LogP contribution in [0.5, 0.6) is 0 Å². The van der Waals surface area contributed by atoms with Crippen molar-refractivity contribution in [1.82, 2.24) is 10.3 Å². The van der Waals surface area contributed by atoms with E-state index >= 15 is 0 Å². The molecule has 0 aliphatic heterocycles. The molecule has 0 bridgehead atoms. The summed E-state index contributed by atoms with van der Waals surface area (Å²) in [6.07, 6.45) is 3.60. The Morgan fingerprint density at radius 2 is 2.31 bits per heavy atom. The number of rotatable bonds is 7. The zero-order valence-electron chi connectivity index (χ0n) is 10.1. The van der Waals surface area contributed by atoms with Gasteiger partial charge in [-0.25, -0.2) is 4.98 Å². The van der Waals surface area contributed by atoms with Gasteiger partial charge in [-0.2, -0.15) is 0 Å². The number of hydrogen-bond acceptors (Lipinski definition) is 4. The van der Waals surface area contributed by atoms with E-state index in [4.69, 9.17) is 9.72 Å². The quantitative estimate of drug-likeness (QED) is 0.794. The first-order valence-corrected chi connectivity index (χ1v) is 6.85. The van der Waals surface area contributed by atoms with Crippen molar-refractivity contribution >= 4 is 11.3 Å². The molecule has 0 aromatic carbocycles. The summed E-state index contributed by atoms with van der Waals surface area (Å²) in [4.78, 5) is 6.20. The molecule has 0 amide bonds. The molecule has 2 rings (SSSR count). The predicted molar refractivity (Wildman–Crippen MR) is 67.0 cm³/mol. The van der Waals surface area contributed by atoms with Crippen molar-refractivity contribution in [3.05, 3.63) is 15.6 Å². The van der Waals surface area contributed by atoms with E-state index in [1.54, 1.807) is 7.11 Å². The largest absolute Gasteiger partial charge is 0.384 e. The van der Waals surface area contributed by atoms with Crippen LogP contribution in [-0.2, 0) is 17.7 Å². The van der Waals surface area contributed by atoms with E-state index in [-0.39, 0.29) is 0 Å². The summed E-state index contributed by atoms with van der Waals surface area (Å²) in [7, 11) is 1.74. The Morgan fingerprint density at radius 1 is 1.50 bits per heavy atom. The van der Waals surface area contributed by atoms with Gasteiger partial charge in [0, 0.05) is 30.9 Å². The number of hydrogen-bond donors (Lipinski definition) is 1. The number of nitrogens with zero attached hydrogens (tertiary/aromatic N) is 1. The molecule has 1 aromatic heterocycles. The third kappa shape index (κ3) is 3.03. The van der Waals surface area contributed by atoms with Gasteiger partial charge < -0.3 is 10.1 Å². The van der Waals surface area contributed by atoms with E-state index in [2.05, 4.69) is 12.2 Å². The Morgan fingerprint density at radius 3 is 2.94 bits per heavy atom. The summed E-state index contributed by atoms with van der Waals surface area (Å²) in [5, 5.41) is 4.63. The summed E-state index contributed by atoms with van der Waals surface area (Å²) in [5.74, 6) is 0.751. The van der Waals surface area contributed by atoms with Crippen molar-refractivity contribution in [2.24, 2.45) is 0 Å². The Labute approximate surface area is 101 Å². The van der Waals surface area contributed by atoms with Gasteiger partial charge in [0.1, 0.15) is 0 Å². The van der Waals surface area contributed by atoms with Crippen LogP contribution in [0.1, 0.15) is 41.3 Å². The van der Waals surface area contributed by atoms with Crippen LogP contribution in [-0.4, -0.2) is 25.2 Å². The summed E-state index contributed by atoms with van der Waals surface area (Å²) in [6.45, 7) is 4.92. The van der Waals surface area contributed by atoms with Crippen LogP contribution in [0, 0.1) is 0 Å². The van der Waals surface area contributed by atoms with Gasteiger partial charge in [0.15, 0.2) is 0 Å². The van der Waals surface area contributed by atoms with Crippen molar-refractivity contribution in [2.45, 2.75) is 38.6 Å². The fourth-order valence-corrected chi connectivity index (χ4v) is 2.86. The smallest absolute Gasteiger partial charge is 0.0954 e. The molecule has 0 spiro atoms. The summed E-state index contributed by atoms with van der Waals surface area (Å²) in [5.41, 5.74) is 1.36. The van der Waals surface area contributed by atoms with Gasteiger partial charge in [-0.05, 0) is 19.4 Å². The Bertz CT molecular complexity index is 334. The van der Waals surface area contributed by atoms with Crippen molar-refractivity contribution in [1.29, 1.82) is 0 Å². The van der Waals surface area contributed by atoms with E-state index in [0.29, 0.717) is 0 Å². The standard InChI is InChI=1S/C12H20N2OS/c1-3-13-8-10-12(9-4-5-9)14-11(16-10)6-7-15-2/h9,13H,3-8H2,1-2H3. The lowest BCUT2D eigenvalue weighted by molar-refractivity contribution is 0.202. The molecule has 1 aliphatic rings. The third-order valence-corrected chi connectivity index (χ3v) is 3.92. The molecule has 1 aromatic rings. The van der Waals surface area contributed by atoms with Gasteiger partial charge in [-0.3, -0.25) is 0 Å². The van der Waals surface area contributed by atoms with Gasteiger partial charge >= 0.3 is 0 Å². The molecule has 3 nitrogen and oxygen atoms in total. The van der Waals surface area contributed by atoms with Gasteiger partial charge in [-0.1, -0.05) is 6.92 Å². The van der Waals surface area contributed by atoms with Crippen molar-refractivity contribution < 1.29 is 4.74 Å². The zero-order chi connectivity index (χ0) is 11.4. The van der Waals surface area contributed by atoms with Crippen LogP contribution >= 0.6 is 11.3 Å². The Kier molecular flexibility index (Phi) is 4.32. The van der Waals surface area contributed by atoms with Crippen LogP contribution < -0.4 is 5.32 Å². The van der Waals surface area contributed by atoms with Crippen molar-refractivity contribution in [3.63, 3.8) is 0 Å². The number of ether oxygens (including phenoxy) is 1. The summed E-state index contributed by atoms with van der Waals surface area (Å²) < 4.78 is 5.10. The second-order valence-electron chi connectivity index (χ2n) is 4.21. The SMILES string of the molecule is CCNCc1sc(CCOC)nc1C1CC1. The average Bonchev–Trinajstić information content (AvgIpc) is 3.06. The maximum absolute atomic E-state index is 5.10. The minimum Gasteiger partial charge on any atom is -0.384 e. The van der Waals surface area contributed by atoms with E-state index in [9.17, 15) is 0 Å². The lowest BCUT2D eigenvalue weighted by Crippen LogP contribution is -2.11. The highest BCUT2D eigenvalue weighted by atomic mass is 32.1. The minimum atomic E-state index is 0.751. The molecule has 0 radical (unpaired) electrons. The van der Waals surface area contributed by atoms with Gasteiger partial charge in [0.2, 0.25) is 0 Å². The maximum atomic E-state index is 5.10. The molecule has 1 heterocycles. The fourth-order valence-electron chi connectivity index (χ4n) is 1.75. The van der Waals surface area contributed by atoms with Crippen molar-refractivity contribution in [3.8, 4) is 0 Å². The highest BCUT2D eigenvalue weighted by Crippen LogP contribution is 2.42. The Hall–Kier alpha value is -0.450. The van der Waals surface area contributed by atoms with Crippen molar-refractivity contribution in [2.75, 3.05) is 20.3 Å². The van der Waals surface area contributed by atoms with Gasteiger partial charge in [0.25, 0.3) is 0 Å². The first kappa shape index (κ1) is 12.0. The molecule has 1 aliphatic carbocycles. The first-order chi connectivity index (χ1) is 7.85. The van der Waals surface area contributed by atoms with Gasteiger partial charge in [-0.15, -0.1) is 11.3 Å². The van der Waals surface area contributed by atoms with Crippen LogP contribution in [0.2, 0.25) is 0 Å². The number of nitrogens with one attached hydrogen (secondary N) is 1. The van der Waals surface area contributed by atoms with E-state index in [1.165, 1.54) is 28.4 Å². The summed E-state index contributed by atoms with van der Waals surface area (Å²) >= 11 is 1.85. The second-order valence-corrected chi connectivity index (χ2v) is 5.38. The van der Waals surface area contributed by atoms with E-state index < -0.39 is 0 Å². The molecule has 1 saturated carbocycles. The molecule has 1 N–H and O–H groups in total. The molecule has 0 atom stereocenters. The molecule has 90 valence electrons. The zero-order valence-corrected chi connectivity index (χ0v) is 10.9. The molecule has 0 unspecified atom stereocenters. The average molecular weight is 240 g/mol. The highest BCUT2D eigenvalue weighted by Gasteiger charge is 2.29. The van der Waals surface area contributed by atoms with Crippen LogP contribution in [0.4, 0.5) is 0 Å². The fraction of sp³-hybridized carbons (Fsp3) is 0.750. The van der Waals surface area contributed by atoms with Gasteiger partial charge in [0.05, 0.1) is 17.3 Å². The van der Waals surface area contributed by atoms with Crippen LogP contribution in [0.25, 0.3) is 0 Å². The minimum absolute atomic E-state index is 0.751. The monoisotopic (exact) mass is 240 g/mol. The molecule has 4 heteroatoms. The molecule has 16 heavy (non-hydrogen) atoms. The number of aromatic nitrogens is 1. The third-order valence-electron chi connectivity index (χ3n) is 2.79. The maximum Gasteiger partial charge on any atom is 0.0954 e. The predicted octanol–water partition coefficient (Wildman–Crippen LogP) is 2.32. The van der Waals surface area contributed by atoms with Crippen LogP contribution in [0.3, 0.4) is 0 Å². The molecule has 1 fully saturated rings. The highest BCUT2D eigenvalue weighted by molar-refractivity contribution is 7.11. The Balaban J connectivity index is 2.03. The lowest BCUT2D eigenvalue weighted by atomic mass is 10.2. The molecular formula is C12H20N2OS. The van der Waals surface area contributed by atoms with Crippen LogP contribution in [0.15, 0.2) is 0 Å². The van der Waals surface area contributed by atoms with E-state index in [0.717, 1.165) is 32.0 Å². The normalized spacial score (nSPS) is 15.6. The molecular weight excluding hydrogens is 220 g/mol. The summed E-state index contributed by atoms with van der Waals surface area (Å²) in [6, 6.07) is 0. The first-order valence-electron chi connectivity index (χ1n) is 6.03. The lowest BCUT2D eigenvalue weighted by Gasteiger charge is -2.00.